The zero-order valence-electron chi connectivity index (χ0n) is 15.5. The highest BCUT2D eigenvalue weighted by molar-refractivity contribution is 5.94. The highest BCUT2D eigenvalue weighted by Crippen LogP contribution is 2.13. The van der Waals surface area contributed by atoms with Crippen molar-refractivity contribution in [3.63, 3.8) is 0 Å². The van der Waals surface area contributed by atoms with Crippen molar-refractivity contribution in [2.45, 2.75) is 51.6 Å². The van der Waals surface area contributed by atoms with Gasteiger partial charge in [0.15, 0.2) is 5.82 Å². The molecule has 0 unspecified atom stereocenters. The summed E-state index contributed by atoms with van der Waals surface area (Å²) in [5, 5.41) is 12.6. The molecule has 144 valence electrons. The molecule has 0 radical (unpaired) electrons. The van der Waals surface area contributed by atoms with Crippen LogP contribution in [0.1, 0.15) is 61.1 Å². The Morgan fingerprint density at radius 1 is 1.37 bits per heavy atom. The molecule has 1 saturated heterocycles. The van der Waals surface area contributed by atoms with Crippen LogP contribution in [0, 0.1) is 0 Å². The van der Waals surface area contributed by atoms with Crippen molar-refractivity contribution in [2.24, 2.45) is 0 Å². The molecule has 1 aliphatic rings. The maximum absolute atomic E-state index is 12.2. The topological polar surface area (TPSA) is 122 Å². The highest BCUT2D eigenvalue weighted by Gasteiger charge is 2.20. The first-order valence-electron chi connectivity index (χ1n) is 9.14. The molecule has 9 nitrogen and oxygen atoms in total. The Balaban J connectivity index is 1.54. The standard InChI is InChI=1S/C18H24N6O3/c1-11(2)18-23-15(24-27-18)10-21-16(25)12-6-7-14(20-9-12)22-13-5-3-4-8-19-17(13)26/h6-7,9,11,13H,3-5,8,10H2,1-2H3,(H,19,26)(H,20,22)(H,21,25)/t13-/m0/s1. The molecule has 2 amide bonds. The Hall–Kier alpha value is -2.97. The number of anilines is 1. The third kappa shape index (κ3) is 5.02. The molecule has 0 aromatic carbocycles. The molecular formula is C18H24N6O3. The molecule has 3 heterocycles. The summed E-state index contributed by atoms with van der Waals surface area (Å²) in [5.41, 5.74) is 0.415. The van der Waals surface area contributed by atoms with Gasteiger partial charge in [-0.25, -0.2) is 4.98 Å². The van der Waals surface area contributed by atoms with Gasteiger partial charge in [-0.1, -0.05) is 19.0 Å². The first-order valence-corrected chi connectivity index (χ1v) is 9.14. The summed E-state index contributed by atoms with van der Waals surface area (Å²) in [4.78, 5) is 32.7. The lowest BCUT2D eigenvalue weighted by Gasteiger charge is -2.15. The van der Waals surface area contributed by atoms with Crippen LogP contribution in [0.4, 0.5) is 5.82 Å². The first kappa shape index (κ1) is 18.8. The quantitative estimate of drug-likeness (QED) is 0.704. The molecular weight excluding hydrogens is 348 g/mol. The van der Waals surface area contributed by atoms with Crippen molar-refractivity contribution in [1.82, 2.24) is 25.8 Å². The normalized spacial score (nSPS) is 17.3. The fourth-order valence-electron chi connectivity index (χ4n) is 2.70. The minimum absolute atomic E-state index is 0.0167. The number of hydrogen-bond acceptors (Lipinski definition) is 7. The SMILES string of the molecule is CC(C)c1nc(CNC(=O)c2ccc(N[C@H]3CCCCNC3=O)nc2)no1. The Bertz CT molecular complexity index is 787. The number of amides is 2. The van der Waals surface area contributed by atoms with E-state index in [1.54, 1.807) is 12.1 Å². The number of pyridine rings is 1. The minimum atomic E-state index is -0.298. The van der Waals surface area contributed by atoms with E-state index in [1.807, 2.05) is 13.8 Å². The van der Waals surface area contributed by atoms with Crippen molar-refractivity contribution in [1.29, 1.82) is 0 Å². The van der Waals surface area contributed by atoms with Crippen molar-refractivity contribution >= 4 is 17.6 Å². The number of rotatable bonds is 6. The molecule has 0 bridgehead atoms. The summed E-state index contributed by atoms with van der Waals surface area (Å²) in [6, 6.07) is 3.06. The lowest BCUT2D eigenvalue weighted by atomic mass is 10.1. The Kier molecular flexibility index (Phi) is 6.00. The second-order valence-electron chi connectivity index (χ2n) is 6.80. The smallest absolute Gasteiger partial charge is 0.253 e. The molecule has 2 aromatic heterocycles. The van der Waals surface area contributed by atoms with Crippen LogP contribution >= 0.6 is 0 Å². The molecule has 1 atom stereocenters. The molecule has 3 rings (SSSR count). The van der Waals surface area contributed by atoms with Crippen molar-refractivity contribution in [3.8, 4) is 0 Å². The van der Waals surface area contributed by atoms with Gasteiger partial charge >= 0.3 is 0 Å². The van der Waals surface area contributed by atoms with Gasteiger partial charge in [-0.2, -0.15) is 4.98 Å². The van der Waals surface area contributed by atoms with E-state index >= 15 is 0 Å². The summed E-state index contributed by atoms with van der Waals surface area (Å²) < 4.78 is 5.10. The molecule has 27 heavy (non-hydrogen) atoms. The van der Waals surface area contributed by atoms with Gasteiger partial charge in [0.1, 0.15) is 11.9 Å². The van der Waals surface area contributed by atoms with Crippen molar-refractivity contribution in [3.05, 3.63) is 35.6 Å². The van der Waals surface area contributed by atoms with Gasteiger partial charge < -0.3 is 20.5 Å². The zero-order chi connectivity index (χ0) is 19.2. The van der Waals surface area contributed by atoms with Crippen LogP contribution in [-0.4, -0.2) is 39.5 Å². The summed E-state index contributed by atoms with van der Waals surface area (Å²) in [7, 11) is 0. The number of nitrogens with zero attached hydrogens (tertiary/aromatic N) is 3. The van der Waals surface area contributed by atoms with Crippen LogP contribution in [0.3, 0.4) is 0 Å². The van der Waals surface area contributed by atoms with E-state index in [0.717, 1.165) is 19.3 Å². The van der Waals surface area contributed by atoms with Crippen molar-refractivity contribution in [2.75, 3.05) is 11.9 Å². The van der Waals surface area contributed by atoms with Crippen LogP contribution in [0.5, 0.6) is 0 Å². The minimum Gasteiger partial charge on any atom is -0.358 e. The monoisotopic (exact) mass is 372 g/mol. The maximum Gasteiger partial charge on any atom is 0.253 e. The Morgan fingerprint density at radius 3 is 2.93 bits per heavy atom. The zero-order valence-corrected chi connectivity index (χ0v) is 15.5. The summed E-state index contributed by atoms with van der Waals surface area (Å²) >= 11 is 0. The lowest BCUT2D eigenvalue weighted by molar-refractivity contribution is -0.121. The number of nitrogens with one attached hydrogen (secondary N) is 3. The van der Waals surface area contributed by atoms with Crippen LogP contribution in [0.15, 0.2) is 22.9 Å². The predicted molar refractivity (Wildman–Crippen MR) is 98.1 cm³/mol. The molecule has 0 saturated carbocycles. The molecule has 0 spiro atoms. The molecule has 2 aromatic rings. The third-order valence-corrected chi connectivity index (χ3v) is 4.27. The van der Waals surface area contributed by atoms with Crippen LogP contribution in [0.25, 0.3) is 0 Å². The van der Waals surface area contributed by atoms with Gasteiger partial charge in [-0.05, 0) is 31.4 Å². The van der Waals surface area contributed by atoms with E-state index in [4.69, 9.17) is 4.52 Å². The van der Waals surface area contributed by atoms with E-state index in [0.29, 0.717) is 29.6 Å². The number of hydrogen-bond donors (Lipinski definition) is 3. The van der Waals surface area contributed by atoms with E-state index in [-0.39, 0.29) is 30.3 Å². The fourth-order valence-corrected chi connectivity index (χ4v) is 2.70. The van der Waals surface area contributed by atoms with Crippen LogP contribution in [-0.2, 0) is 11.3 Å². The number of carbonyl (C=O) groups excluding carboxylic acids is 2. The molecule has 0 aliphatic carbocycles. The van der Waals surface area contributed by atoms with Gasteiger partial charge in [-0.15, -0.1) is 0 Å². The van der Waals surface area contributed by atoms with E-state index in [1.165, 1.54) is 6.20 Å². The second kappa shape index (κ2) is 8.61. The average Bonchev–Trinajstić information content (AvgIpc) is 3.06. The maximum atomic E-state index is 12.2. The predicted octanol–water partition coefficient (Wildman–Crippen LogP) is 1.60. The van der Waals surface area contributed by atoms with E-state index < -0.39 is 0 Å². The highest BCUT2D eigenvalue weighted by atomic mass is 16.5. The van der Waals surface area contributed by atoms with Crippen LogP contribution < -0.4 is 16.0 Å². The van der Waals surface area contributed by atoms with Gasteiger partial charge in [0.2, 0.25) is 11.8 Å². The fraction of sp³-hybridized carbons (Fsp3) is 0.500. The van der Waals surface area contributed by atoms with E-state index in [2.05, 4.69) is 31.1 Å². The second-order valence-corrected chi connectivity index (χ2v) is 6.80. The molecule has 3 N–H and O–H groups in total. The largest absolute Gasteiger partial charge is 0.358 e. The summed E-state index contributed by atoms with van der Waals surface area (Å²) in [5.74, 6) is 1.38. The molecule has 1 fully saturated rings. The molecule has 9 heteroatoms. The van der Waals surface area contributed by atoms with E-state index in [9.17, 15) is 9.59 Å². The molecule has 1 aliphatic heterocycles. The third-order valence-electron chi connectivity index (χ3n) is 4.27. The van der Waals surface area contributed by atoms with Gasteiger partial charge in [0, 0.05) is 18.7 Å². The van der Waals surface area contributed by atoms with Crippen molar-refractivity contribution < 1.29 is 14.1 Å². The van der Waals surface area contributed by atoms with Gasteiger partial charge in [-0.3, -0.25) is 9.59 Å². The average molecular weight is 372 g/mol. The number of aromatic nitrogens is 3. The van der Waals surface area contributed by atoms with Gasteiger partial charge in [0.05, 0.1) is 12.1 Å². The van der Waals surface area contributed by atoms with Gasteiger partial charge in [0.25, 0.3) is 5.91 Å². The first-order chi connectivity index (χ1) is 13.0. The number of carbonyl (C=O) groups is 2. The Labute approximate surface area is 157 Å². The summed E-state index contributed by atoms with van der Waals surface area (Å²) in [6.07, 6.45) is 4.20. The lowest BCUT2D eigenvalue weighted by Crippen LogP contribution is -2.38. The summed E-state index contributed by atoms with van der Waals surface area (Å²) in [6.45, 7) is 4.80. The van der Waals surface area contributed by atoms with Crippen LogP contribution in [0.2, 0.25) is 0 Å². The Morgan fingerprint density at radius 2 is 2.22 bits per heavy atom.